The fourth-order valence-electron chi connectivity index (χ4n) is 2.01. The van der Waals surface area contributed by atoms with E-state index in [1.165, 1.54) is 12.1 Å². The molecule has 6 heteroatoms. The maximum atomic E-state index is 13.3. The predicted molar refractivity (Wildman–Crippen MR) is 62.8 cm³/mol. The quantitative estimate of drug-likeness (QED) is 0.468. The van der Waals surface area contributed by atoms with E-state index in [0.29, 0.717) is 12.0 Å². The Labute approximate surface area is 107 Å². The Bertz CT molecular complexity index is 522. The van der Waals surface area contributed by atoms with Crippen LogP contribution in [0.4, 0.5) is 23.2 Å². The van der Waals surface area contributed by atoms with E-state index in [2.05, 4.69) is 0 Å². The van der Waals surface area contributed by atoms with E-state index in [4.69, 9.17) is 0 Å². The predicted octanol–water partition coefficient (Wildman–Crippen LogP) is 3.34. The molecule has 0 aliphatic carbocycles. The lowest BCUT2D eigenvalue weighted by Crippen LogP contribution is -2.31. The largest absolute Gasteiger partial charge is 0.412 e. The van der Waals surface area contributed by atoms with Gasteiger partial charge in [0, 0.05) is 29.9 Å². The second-order valence-electron chi connectivity index (χ2n) is 4.28. The highest BCUT2D eigenvalue weighted by atomic mass is 19.4. The molecule has 1 heterocycles. The third-order valence-electron chi connectivity index (χ3n) is 2.98. The Morgan fingerprint density at radius 3 is 2.47 bits per heavy atom. The van der Waals surface area contributed by atoms with Crippen LogP contribution in [-0.2, 0) is 0 Å². The number of benzene rings is 1. The molecule has 0 saturated heterocycles. The number of aldehydes is 1. The summed E-state index contributed by atoms with van der Waals surface area (Å²) in [6.45, 7) is 0.198. The summed E-state index contributed by atoms with van der Waals surface area (Å²) in [5.74, 6) is -0.579. The van der Waals surface area contributed by atoms with Gasteiger partial charge in [-0.3, -0.25) is 4.79 Å². The monoisotopic (exact) mass is 273 g/mol. The summed E-state index contributed by atoms with van der Waals surface area (Å²) in [5, 5.41) is 0. The molecule has 0 atom stereocenters. The number of anilines is 1. The normalized spacial score (nSPS) is 16.2. The number of nitrogens with zero attached hydrogens (tertiary/aromatic N) is 1. The van der Waals surface area contributed by atoms with Gasteiger partial charge in [0.1, 0.15) is 12.1 Å². The lowest BCUT2D eigenvalue weighted by Gasteiger charge is -2.29. The first-order chi connectivity index (χ1) is 8.90. The molecule has 0 bridgehead atoms. The van der Waals surface area contributed by atoms with Crippen LogP contribution in [0.15, 0.2) is 29.8 Å². The summed E-state index contributed by atoms with van der Waals surface area (Å²) < 4.78 is 50.6. The lowest BCUT2D eigenvalue weighted by atomic mass is 10.1. The topological polar surface area (TPSA) is 20.3 Å². The molecule has 0 aromatic heterocycles. The molecule has 19 heavy (non-hydrogen) atoms. The molecule has 0 unspecified atom stereocenters. The van der Waals surface area contributed by atoms with E-state index in [-0.39, 0.29) is 25.1 Å². The molecule has 0 fully saturated rings. The molecule has 0 radical (unpaired) electrons. The van der Waals surface area contributed by atoms with E-state index in [9.17, 15) is 22.4 Å². The molecular formula is C13H11F4NO. The van der Waals surface area contributed by atoms with Crippen molar-refractivity contribution < 1.29 is 22.4 Å². The first-order valence-electron chi connectivity index (χ1n) is 5.67. The molecule has 1 aliphatic rings. The molecule has 102 valence electrons. The van der Waals surface area contributed by atoms with Gasteiger partial charge in [-0.2, -0.15) is 13.2 Å². The summed E-state index contributed by atoms with van der Waals surface area (Å²) in [5.41, 5.74) is 0.0240. The highest BCUT2D eigenvalue weighted by molar-refractivity contribution is 5.77. The van der Waals surface area contributed by atoms with Crippen LogP contribution in [0.25, 0.3) is 0 Å². The van der Waals surface area contributed by atoms with Crippen molar-refractivity contribution in [3.8, 4) is 0 Å². The molecule has 0 amide bonds. The summed E-state index contributed by atoms with van der Waals surface area (Å²) in [4.78, 5) is 12.2. The van der Waals surface area contributed by atoms with Crippen molar-refractivity contribution in [2.24, 2.45) is 0 Å². The van der Waals surface area contributed by atoms with Gasteiger partial charge >= 0.3 is 6.18 Å². The van der Waals surface area contributed by atoms with Crippen LogP contribution >= 0.6 is 0 Å². The Hall–Kier alpha value is -1.85. The number of carbonyl (C=O) groups excluding carboxylic acids is 1. The number of halogens is 4. The van der Waals surface area contributed by atoms with E-state index in [1.807, 2.05) is 0 Å². The van der Waals surface area contributed by atoms with Crippen LogP contribution in [0.5, 0.6) is 0 Å². The molecule has 2 nitrogen and oxygen atoms in total. The maximum Gasteiger partial charge on any atom is 0.412 e. The lowest BCUT2D eigenvalue weighted by molar-refractivity contribution is -0.0944. The van der Waals surface area contributed by atoms with Gasteiger partial charge in [-0.05, 0) is 24.6 Å². The van der Waals surface area contributed by atoms with Gasteiger partial charge in [-0.15, -0.1) is 0 Å². The number of carbonyl (C=O) groups is 1. The zero-order valence-electron chi connectivity index (χ0n) is 9.88. The van der Waals surface area contributed by atoms with Crippen molar-refractivity contribution in [3.63, 3.8) is 0 Å². The van der Waals surface area contributed by atoms with Crippen LogP contribution < -0.4 is 4.90 Å². The average Bonchev–Trinajstić information content (AvgIpc) is 2.37. The minimum Gasteiger partial charge on any atom is -0.367 e. The summed E-state index contributed by atoms with van der Waals surface area (Å²) >= 11 is 0. The third-order valence-corrected chi connectivity index (χ3v) is 2.98. The van der Waals surface area contributed by atoms with Gasteiger partial charge in [-0.25, -0.2) is 4.39 Å². The van der Waals surface area contributed by atoms with Crippen LogP contribution in [-0.4, -0.2) is 25.6 Å². The van der Waals surface area contributed by atoms with E-state index < -0.39 is 17.6 Å². The standard InChI is InChI=1S/C13H11F4NO/c14-11-5-9(8-19)6-12(7-11)18-3-1-10(2-4-18)13(15,16)17/h1,5-8H,2-4H2. The SMILES string of the molecule is O=Cc1cc(F)cc(N2CC=C(C(F)(F)F)CC2)c1. The number of rotatable bonds is 2. The van der Waals surface area contributed by atoms with E-state index in [1.54, 1.807) is 4.90 Å². The van der Waals surface area contributed by atoms with E-state index in [0.717, 1.165) is 12.1 Å². The molecule has 0 saturated carbocycles. The van der Waals surface area contributed by atoms with E-state index >= 15 is 0 Å². The first-order valence-corrected chi connectivity index (χ1v) is 5.67. The van der Waals surface area contributed by atoms with Crippen molar-refractivity contribution in [1.29, 1.82) is 0 Å². The Morgan fingerprint density at radius 2 is 1.95 bits per heavy atom. The Kier molecular flexibility index (Phi) is 3.59. The number of alkyl halides is 3. The molecule has 1 aromatic carbocycles. The van der Waals surface area contributed by atoms with Crippen LogP contribution in [0.1, 0.15) is 16.8 Å². The van der Waals surface area contributed by atoms with Crippen molar-refractivity contribution >= 4 is 12.0 Å². The molecule has 1 aliphatic heterocycles. The van der Waals surface area contributed by atoms with Crippen LogP contribution in [0, 0.1) is 5.82 Å². The minimum atomic E-state index is -4.30. The summed E-state index contributed by atoms with van der Waals surface area (Å²) in [6, 6.07) is 3.75. The maximum absolute atomic E-state index is 13.3. The number of hydrogen-bond donors (Lipinski definition) is 0. The molecule has 1 aromatic rings. The zero-order chi connectivity index (χ0) is 14.0. The fraction of sp³-hybridized carbons (Fsp3) is 0.308. The molecule has 2 rings (SSSR count). The molecule has 0 N–H and O–H groups in total. The van der Waals surface area contributed by atoms with Gasteiger partial charge in [-0.1, -0.05) is 6.08 Å². The van der Waals surface area contributed by atoms with Gasteiger partial charge in [0.25, 0.3) is 0 Å². The van der Waals surface area contributed by atoms with Crippen molar-refractivity contribution in [2.45, 2.75) is 12.6 Å². The Balaban J connectivity index is 2.20. The number of hydrogen-bond acceptors (Lipinski definition) is 2. The van der Waals surface area contributed by atoms with Gasteiger partial charge < -0.3 is 4.90 Å². The molecule has 0 spiro atoms. The first kappa shape index (κ1) is 13.6. The van der Waals surface area contributed by atoms with Crippen molar-refractivity contribution in [1.82, 2.24) is 0 Å². The summed E-state index contributed by atoms with van der Waals surface area (Å²) in [6.07, 6.45) is -2.85. The second-order valence-corrected chi connectivity index (χ2v) is 4.28. The zero-order valence-corrected chi connectivity index (χ0v) is 9.88. The van der Waals surface area contributed by atoms with Gasteiger partial charge in [0.05, 0.1) is 0 Å². The Morgan fingerprint density at radius 1 is 1.21 bits per heavy atom. The fourth-order valence-corrected chi connectivity index (χ4v) is 2.01. The summed E-state index contributed by atoms with van der Waals surface area (Å²) in [7, 11) is 0. The van der Waals surface area contributed by atoms with Crippen molar-refractivity contribution in [2.75, 3.05) is 18.0 Å². The second kappa shape index (κ2) is 5.03. The van der Waals surface area contributed by atoms with Crippen LogP contribution in [0.2, 0.25) is 0 Å². The van der Waals surface area contributed by atoms with Crippen LogP contribution in [0.3, 0.4) is 0 Å². The van der Waals surface area contributed by atoms with Gasteiger partial charge in [0.2, 0.25) is 0 Å². The molecular weight excluding hydrogens is 262 g/mol. The minimum absolute atomic E-state index is 0.0522. The average molecular weight is 273 g/mol. The highest BCUT2D eigenvalue weighted by Gasteiger charge is 2.34. The van der Waals surface area contributed by atoms with Crippen molar-refractivity contribution in [3.05, 3.63) is 41.2 Å². The van der Waals surface area contributed by atoms with Gasteiger partial charge in [0.15, 0.2) is 0 Å². The highest BCUT2D eigenvalue weighted by Crippen LogP contribution is 2.31. The smallest absolute Gasteiger partial charge is 0.367 e. The third kappa shape index (κ3) is 3.13.